The van der Waals surface area contributed by atoms with Crippen LogP contribution in [0, 0.1) is 0 Å². The topological polar surface area (TPSA) is 54.4 Å². The normalized spacial score (nSPS) is 25.1. The second-order valence-corrected chi connectivity index (χ2v) is 4.54. The van der Waals surface area contributed by atoms with Crippen LogP contribution in [0.1, 0.15) is 32.1 Å². The number of rotatable bonds is 3. The first-order chi connectivity index (χ1) is 8.29. The number of hydrogen-bond acceptors (Lipinski definition) is 4. The van der Waals surface area contributed by atoms with Crippen LogP contribution in [0.25, 0.3) is 0 Å². The van der Waals surface area contributed by atoms with Crippen LogP contribution in [0.3, 0.4) is 0 Å². The Morgan fingerprint density at radius 3 is 2.82 bits per heavy atom. The van der Waals surface area contributed by atoms with Crippen molar-refractivity contribution < 1.29 is 9.84 Å². The molecule has 2 rings (SSSR count). The van der Waals surface area contributed by atoms with Crippen molar-refractivity contribution in [2.75, 3.05) is 12.4 Å². The van der Waals surface area contributed by atoms with E-state index >= 15 is 0 Å². The van der Waals surface area contributed by atoms with E-state index in [1.54, 1.807) is 13.3 Å². The summed E-state index contributed by atoms with van der Waals surface area (Å²) in [7, 11) is 1.62. The molecule has 0 spiro atoms. The molecule has 1 fully saturated rings. The van der Waals surface area contributed by atoms with E-state index in [-0.39, 0.29) is 12.1 Å². The number of pyridine rings is 1. The molecular formula is C13H20N2O2. The molecule has 4 heteroatoms. The zero-order valence-electron chi connectivity index (χ0n) is 10.2. The third-order valence-electron chi connectivity index (χ3n) is 3.28. The van der Waals surface area contributed by atoms with Crippen LogP contribution in [-0.4, -0.2) is 29.3 Å². The Balaban J connectivity index is 1.98. The maximum absolute atomic E-state index is 10.00. The molecule has 2 atom stereocenters. The van der Waals surface area contributed by atoms with E-state index in [0.29, 0.717) is 0 Å². The highest BCUT2D eigenvalue weighted by Gasteiger charge is 2.21. The third kappa shape index (κ3) is 3.33. The van der Waals surface area contributed by atoms with Gasteiger partial charge in [0.1, 0.15) is 11.6 Å². The van der Waals surface area contributed by atoms with Crippen LogP contribution in [0.2, 0.25) is 0 Å². The molecule has 4 nitrogen and oxygen atoms in total. The molecule has 2 unspecified atom stereocenters. The molecule has 0 bridgehead atoms. The molecule has 94 valence electrons. The summed E-state index contributed by atoms with van der Waals surface area (Å²) in [4.78, 5) is 4.26. The highest BCUT2D eigenvalue weighted by atomic mass is 16.5. The van der Waals surface area contributed by atoms with Crippen molar-refractivity contribution in [1.29, 1.82) is 0 Å². The molecule has 0 amide bonds. The molecule has 1 saturated carbocycles. The van der Waals surface area contributed by atoms with Crippen molar-refractivity contribution in [3.63, 3.8) is 0 Å². The number of aliphatic hydroxyl groups is 1. The quantitative estimate of drug-likeness (QED) is 0.790. The second kappa shape index (κ2) is 5.87. The standard InChI is InChI=1S/C13H20N2O2/c1-17-10-7-8-13(14-9-10)15-11-5-3-2-4-6-12(11)16/h7-9,11-12,16H,2-6H2,1H3,(H,14,15). The van der Waals surface area contributed by atoms with Gasteiger partial charge in [-0.05, 0) is 25.0 Å². The van der Waals surface area contributed by atoms with Crippen molar-refractivity contribution in [2.24, 2.45) is 0 Å². The summed E-state index contributed by atoms with van der Waals surface area (Å²) in [6.45, 7) is 0. The molecule has 0 saturated heterocycles. The predicted molar refractivity (Wildman–Crippen MR) is 67.3 cm³/mol. The van der Waals surface area contributed by atoms with Gasteiger partial charge in [-0.25, -0.2) is 4.98 Å². The van der Waals surface area contributed by atoms with Gasteiger partial charge < -0.3 is 15.2 Å². The first-order valence-corrected chi connectivity index (χ1v) is 6.24. The van der Waals surface area contributed by atoms with Crippen molar-refractivity contribution in [2.45, 2.75) is 44.2 Å². The molecule has 17 heavy (non-hydrogen) atoms. The van der Waals surface area contributed by atoms with Gasteiger partial charge in [-0.3, -0.25) is 0 Å². The van der Waals surface area contributed by atoms with E-state index in [0.717, 1.165) is 30.8 Å². The van der Waals surface area contributed by atoms with Gasteiger partial charge in [-0.15, -0.1) is 0 Å². The molecule has 0 aromatic carbocycles. The number of anilines is 1. The predicted octanol–water partition coefficient (Wildman–Crippen LogP) is 2.20. The Labute approximate surface area is 102 Å². The summed E-state index contributed by atoms with van der Waals surface area (Å²) in [6, 6.07) is 3.88. The lowest BCUT2D eigenvalue weighted by Gasteiger charge is -2.22. The molecule has 1 aliphatic rings. The third-order valence-corrected chi connectivity index (χ3v) is 3.28. The summed E-state index contributed by atoms with van der Waals surface area (Å²) >= 11 is 0. The fourth-order valence-electron chi connectivity index (χ4n) is 2.23. The molecule has 1 aromatic rings. The van der Waals surface area contributed by atoms with Gasteiger partial charge in [0, 0.05) is 0 Å². The number of nitrogens with zero attached hydrogens (tertiary/aromatic N) is 1. The van der Waals surface area contributed by atoms with Gasteiger partial charge in [0.25, 0.3) is 0 Å². The largest absolute Gasteiger partial charge is 0.495 e. The molecule has 0 aliphatic heterocycles. The van der Waals surface area contributed by atoms with Gasteiger partial charge >= 0.3 is 0 Å². The fourth-order valence-corrected chi connectivity index (χ4v) is 2.23. The van der Waals surface area contributed by atoms with E-state index in [2.05, 4.69) is 10.3 Å². The maximum atomic E-state index is 10.00. The highest BCUT2D eigenvalue weighted by Crippen LogP contribution is 2.21. The number of hydrogen-bond donors (Lipinski definition) is 2. The number of methoxy groups -OCH3 is 1. The van der Waals surface area contributed by atoms with Crippen LogP contribution >= 0.6 is 0 Å². The van der Waals surface area contributed by atoms with Crippen LogP contribution in [0.5, 0.6) is 5.75 Å². The molecule has 1 aliphatic carbocycles. The average molecular weight is 236 g/mol. The first-order valence-electron chi connectivity index (χ1n) is 6.24. The fraction of sp³-hybridized carbons (Fsp3) is 0.615. The number of aliphatic hydroxyl groups excluding tert-OH is 1. The Morgan fingerprint density at radius 1 is 1.29 bits per heavy atom. The van der Waals surface area contributed by atoms with Crippen LogP contribution in [0.15, 0.2) is 18.3 Å². The number of ether oxygens (including phenoxy) is 1. The van der Waals surface area contributed by atoms with Gasteiger partial charge in [-0.1, -0.05) is 19.3 Å². The lowest BCUT2D eigenvalue weighted by molar-refractivity contribution is 0.144. The molecular weight excluding hydrogens is 216 g/mol. The molecule has 2 N–H and O–H groups in total. The van der Waals surface area contributed by atoms with Crippen LogP contribution in [0.4, 0.5) is 5.82 Å². The van der Waals surface area contributed by atoms with E-state index < -0.39 is 0 Å². The maximum Gasteiger partial charge on any atom is 0.137 e. The zero-order valence-corrected chi connectivity index (χ0v) is 10.2. The Hall–Kier alpha value is -1.29. The van der Waals surface area contributed by atoms with Crippen molar-refractivity contribution in [1.82, 2.24) is 4.98 Å². The molecule has 1 heterocycles. The van der Waals surface area contributed by atoms with Crippen molar-refractivity contribution in [3.8, 4) is 5.75 Å². The number of aromatic nitrogens is 1. The van der Waals surface area contributed by atoms with E-state index in [1.165, 1.54) is 12.8 Å². The van der Waals surface area contributed by atoms with Crippen LogP contribution in [-0.2, 0) is 0 Å². The monoisotopic (exact) mass is 236 g/mol. The van der Waals surface area contributed by atoms with Gasteiger partial charge in [-0.2, -0.15) is 0 Å². The van der Waals surface area contributed by atoms with Gasteiger partial charge in [0.05, 0.1) is 25.5 Å². The van der Waals surface area contributed by atoms with E-state index in [1.807, 2.05) is 12.1 Å². The summed E-state index contributed by atoms with van der Waals surface area (Å²) in [5.74, 6) is 1.55. The lowest BCUT2D eigenvalue weighted by atomic mass is 10.1. The number of nitrogens with one attached hydrogen (secondary N) is 1. The van der Waals surface area contributed by atoms with E-state index in [9.17, 15) is 5.11 Å². The van der Waals surface area contributed by atoms with Crippen molar-refractivity contribution in [3.05, 3.63) is 18.3 Å². The average Bonchev–Trinajstić information content (AvgIpc) is 2.56. The van der Waals surface area contributed by atoms with Crippen molar-refractivity contribution >= 4 is 5.82 Å². The smallest absolute Gasteiger partial charge is 0.137 e. The molecule has 1 aromatic heterocycles. The van der Waals surface area contributed by atoms with Crippen LogP contribution < -0.4 is 10.1 Å². The lowest BCUT2D eigenvalue weighted by Crippen LogP contribution is -2.32. The SMILES string of the molecule is COc1ccc(NC2CCCCCC2O)nc1. The summed E-state index contributed by atoms with van der Waals surface area (Å²) in [5.41, 5.74) is 0. The summed E-state index contributed by atoms with van der Waals surface area (Å²) in [6.07, 6.45) is 6.82. The highest BCUT2D eigenvalue weighted by molar-refractivity contribution is 5.38. The minimum atomic E-state index is -0.263. The first kappa shape index (κ1) is 12.2. The Morgan fingerprint density at radius 2 is 2.12 bits per heavy atom. The Bertz CT molecular complexity index is 340. The van der Waals surface area contributed by atoms with Gasteiger partial charge in [0.15, 0.2) is 0 Å². The summed E-state index contributed by atoms with van der Waals surface area (Å²) < 4.78 is 5.06. The van der Waals surface area contributed by atoms with E-state index in [4.69, 9.17) is 4.74 Å². The minimum Gasteiger partial charge on any atom is -0.495 e. The second-order valence-electron chi connectivity index (χ2n) is 4.54. The zero-order chi connectivity index (χ0) is 12.1. The summed E-state index contributed by atoms with van der Waals surface area (Å²) in [5, 5.41) is 13.3. The Kier molecular flexibility index (Phi) is 4.20. The van der Waals surface area contributed by atoms with Gasteiger partial charge in [0.2, 0.25) is 0 Å². The molecule has 0 radical (unpaired) electrons. The minimum absolute atomic E-state index is 0.124.